The standard InChI is InChI=1S/C23H28N2O4/c1-23(2,3)15-21(27)29-16-20(26)25-19-12-8-7-11-18(19)22(28)24-14-13-17-9-5-4-6-10-17/h4-12H,13-16H2,1-3H3,(H,24,28)(H,25,26). The minimum absolute atomic E-state index is 0.210. The second-order valence-corrected chi connectivity index (χ2v) is 7.98. The summed E-state index contributed by atoms with van der Waals surface area (Å²) < 4.78 is 5.01. The number of ether oxygens (including phenoxy) is 1. The molecule has 0 unspecified atom stereocenters. The molecule has 0 heterocycles. The highest BCUT2D eigenvalue weighted by atomic mass is 16.5. The lowest BCUT2D eigenvalue weighted by Gasteiger charge is -2.16. The Morgan fingerprint density at radius 3 is 2.28 bits per heavy atom. The largest absolute Gasteiger partial charge is 0.456 e. The molecule has 0 spiro atoms. The van der Waals surface area contributed by atoms with Crippen LogP contribution in [0.1, 0.15) is 43.1 Å². The van der Waals surface area contributed by atoms with Crippen LogP contribution in [0.3, 0.4) is 0 Å². The highest BCUT2D eigenvalue weighted by Crippen LogP contribution is 2.19. The van der Waals surface area contributed by atoms with E-state index in [9.17, 15) is 14.4 Å². The number of amides is 2. The first-order valence-corrected chi connectivity index (χ1v) is 9.61. The zero-order chi connectivity index (χ0) is 21.3. The van der Waals surface area contributed by atoms with Gasteiger partial charge in [-0.2, -0.15) is 0 Å². The third-order valence-corrected chi connectivity index (χ3v) is 4.03. The summed E-state index contributed by atoms with van der Waals surface area (Å²) in [6, 6.07) is 16.6. The van der Waals surface area contributed by atoms with Crippen LogP contribution in [0.2, 0.25) is 0 Å². The smallest absolute Gasteiger partial charge is 0.306 e. The number of hydrogen-bond acceptors (Lipinski definition) is 4. The van der Waals surface area contributed by atoms with Gasteiger partial charge in [-0.1, -0.05) is 63.2 Å². The zero-order valence-electron chi connectivity index (χ0n) is 17.2. The van der Waals surface area contributed by atoms with Crippen LogP contribution < -0.4 is 10.6 Å². The van der Waals surface area contributed by atoms with Crippen LogP contribution in [0.5, 0.6) is 0 Å². The molecule has 2 N–H and O–H groups in total. The molecular formula is C23H28N2O4. The monoisotopic (exact) mass is 396 g/mol. The average Bonchev–Trinajstić information content (AvgIpc) is 2.66. The van der Waals surface area contributed by atoms with Gasteiger partial charge in [-0.3, -0.25) is 14.4 Å². The van der Waals surface area contributed by atoms with E-state index >= 15 is 0 Å². The first-order valence-electron chi connectivity index (χ1n) is 9.61. The van der Waals surface area contributed by atoms with Crippen molar-refractivity contribution in [1.29, 1.82) is 0 Å². The van der Waals surface area contributed by atoms with Crippen molar-refractivity contribution in [3.05, 3.63) is 65.7 Å². The molecule has 0 aliphatic heterocycles. The van der Waals surface area contributed by atoms with E-state index < -0.39 is 18.5 Å². The van der Waals surface area contributed by atoms with Crippen LogP contribution in [-0.2, 0) is 20.7 Å². The lowest BCUT2D eigenvalue weighted by Crippen LogP contribution is -2.28. The number of rotatable bonds is 8. The lowest BCUT2D eigenvalue weighted by molar-refractivity contribution is -0.149. The van der Waals surface area contributed by atoms with E-state index in [4.69, 9.17) is 4.74 Å². The van der Waals surface area contributed by atoms with Crippen molar-refractivity contribution < 1.29 is 19.1 Å². The van der Waals surface area contributed by atoms with Gasteiger partial charge in [0.1, 0.15) is 0 Å². The molecule has 0 saturated heterocycles. The van der Waals surface area contributed by atoms with E-state index in [2.05, 4.69) is 10.6 Å². The topological polar surface area (TPSA) is 84.5 Å². The molecule has 0 aromatic heterocycles. The van der Waals surface area contributed by atoms with Gasteiger partial charge < -0.3 is 15.4 Å². The van der Waals surface area contributed by atoms with Crippen LogP contribution in [-0.4, -0.2) is 30.9 Å². The Hall–Kier alpha value is -3.15. The second kappa shape index (κ2) is 10.4. The van der Waals surface area contributed by atoms with E-state index in [0.29, 0.717) is 24.2 Å². The predicted molar refractivity (Wildman–Crippen MR) is 113 cm³/mol. The molecule has 0 fully saturated rings. The number of hydrogen-bond donors (Lipinski definition) is 2. The quantitative estimate of drug-likeness (QED) is 0.668. The summed E-state index contributed by atoms with van der Waals surface area (Å²) in [5, 5.41) is 5.50. The van der Waals surface area contributed by atoms with Gasteiger partial charge >= 0.3 is 5.97 Å². The number of anilines is 1. The Morgan fingerprint density at radius 1 is 0.931 bits per heavy atom. The molecule has 0 atom stereocenters. The van der Waals surface area contributed by atoms with Crippen molar-refractivity contribution in [3.63, 3.8) is 0 Å². The molecule has 6 nitrogen and oxygen atoms in total. The normalized spacial score (nSPS) is 10.9. The van der Waals surface area contributed by atoms with Crippen LogP contribution in [0.4, 0.5) is 5.69 Å². The minimum Gasteiger partial charge on any atom is -0.456 e. The van der Waals surface area contributed by atoms with E-state index in [1.54, 1.807) is 24.3 Å². The summed E-state index contributed by atoms with van der Waals surface area (Å²) in [5.74, 6) is -1.20. The number of nitrogens with one attached hydrogen (secondary N) is 2. The highest BCUT2D eigenvalue weighted by molar-refractivity contribution is 6.04. The Bertz CT molecular complexity index is 841. The number of carbonyl (C=O) groups is 3. The summed E-state index contributed by atoms with van der Waals surface area (Å²) in [4.78, 5) is 36.4. The molecule has 154 valence electrons. The fourth-order valence-electron chi connectivity index (χ4n) is 2.67. The molecule has 2 aromatic carbocycles. The average molecular weight is 396 g/mol. The fraction of sp³-hybridized carbons (Fsp3) is 0.348. The third-order valence-electron chi connectivity index (χ3n) is 4.03. The Labute approximate surface area is 171 Å². The molecule has 6 heteroatoms. The molecule has 0 radical (unpaired) electrons. The Kier molecular flexibility index (Phi) is 7.95. The first kappa shape index (κ1) is 22.1. The van der Waals surface area contributed by atoms with Crippen LogP contribution in [0, 0.1) is 5.41 Å². The Balaban J connectivity index is 1.87. The van der Waals surface area contributed by atoms with Gasteiger partial charge in [0.25, 0.3) is 11.8 Å². The second-order valence-electron chi connectivity index (χ2n) is 7.98. The predicted octanol–water partition coefficient (Wildman–Crippen LogP) is 3.58. The summed E-state index contributed by atoms with van der Waals surface area (Å²) in [6.45, 7) is 5.84. The van der Waals surface area contributed by atoms with Crippen molar-refractivity contribution in [2.24, 2.45) is 5.41 Å². The van der Waals surface area contributed by atoms with Crippen molar-refractivity contribution in [2.75, 3.05) is 18.5 Å². The number of esters is 1. The molecule has 0 aliphatic carbocycles. The van der Waals surface area contributed by atoms with Gasteiger partial charge in [0.15, 0.2) is 6.61 Å². The maximum atomic E-state index is 12.5. The van der Waals surface area contributed by atoms with Gasteiger partial charge in [-0.05, 0) is 29.5 Å². The Morgan fingerprint density at radius 2 is 1.59 bits per heavy atom. The summed E-state index contributed by atoms with van der Waals surface area (Å²) in [7, 11) is 0. The van der Waals surface area contributed by atoms with E-state index in [-0.39, 0.29) is 17.7 Å². The number of carbonyl (C=O) groups excluding carboxylic acids is 3. The van der Waals surface area contributed by atoms with E-state index in [1.807, 2.05) is 51.1 Å². The molecular weight excluding hydrogens is 368 g/mol. The zero-order valence-corrected chi connectivity index (χ0v) is 17.2. The van der Waals surface area contributed by atoms with Crippen LogP contribution >= 0.6 is 0 Å². The maximum absolute atomic E-state index is 12.5. The molecule has 2 aromatic rings. The lowest BCUT2D eigenvalue weighted by atomic mass is 9.92. The van der Waals surface area contributed by atoms with Crippen LogP contribution in [0.15, 0.2) is 54.6 Å². The highest BCUT2D eigenvalue weighted by Gasteiger charge is 2.18. The SMILES string of the molecule is CC(C)(C)CC(=O)OCC(=O)Nc1ccccc1C(=O)NCCc1ccccc1. The summed E-state index contributed by atoms with van der Waals surface area (Å²) in [5.41, 5.74) is 1.65. The van der Waals surface area contributed by atoms with Crippen molar-refractivity contribution in [1.82, 2.24) is 5.32 Å². The molecule has 2 rings (SSSR count). The summed E-state index contributed by atoms with van der Waals surface area (Å²) in [6.07, 6.45) is 0.936. The van der Waals surface area contributed by atoms with Crippen molar-refractivity contribution >= 4 is 23.5 Å². The van der Waals surface area contributed by atoms with E-state index in [1.165, 1.54) is 0 Å². The molecule has 0 saturated carbocycles. The van der Waals surface area contributed by atoms with E-state index in [0.717, 1.165) is 5.56 Å². The van der Waals surface area contributed by atoms with Gasteiger partial charge in [0.05, 0.1) is 17.7 Å². The summed E-state index contributed by atoms with van der Waals surface area (Å²) >= 11 is 0. The van der Waals surface area contributed by atoms with Gasteiger partial charge in [-0.15, -0.1) is 0 Å². The van der Waals surface area contributed by atoms with Crippen LogP contribution in [0.25, 0.3) is 0 Å². The molecule has 0 bridgehead atoms. The third kappa shape index (κ3) is 8.17. The fourth-order valence-corrected chi connectivity index (χ4v) is 2.67. The van der Waals surface area contributed by atoms with Crippen molar-refractivity contribution in [3.8, 4) is 0 Å². The van der Waals surface area contributed by atoms with Crippen molar-refractivity contribution in [2.45, 2.75) is 33.6 Å². The molecule has 2 amide bonds. The maximum Gasteiger partial charge on any atom is 0.306 e. The molecule has 0 aliphatic rings. The first-order chi connectivity index (χ1) is 13.7. The number of para-hydroxylation sites is 1. The van der Waals surface area contributed by atoms with Gasteiger partial charge in [0.2, 0.25) is 0 Å². The number of benzene rings is 2. The minimum atomic E-state index is -0.489. The van der Waals surface area contributed by atoms with Gasteiger partial charge in [-0.25, -0.2) is 0 Å². The molecule has 29 heavy (non-hydrogen) atoms. The van der Waals surface area contributed by atoms with Gasteiger partial charge in [0, 0.05) is 6.54 Å².